The Hall–Kier alpha value is -5.92. The average Bonchev–Trinajstić information content (AvgIpc) is 3.92. The molecule has 52 heavy (non-hydrogen) atoms. The van der Waals surface area contributed by atoms with E-state index in [4.69, 9.17) is 0 Å². The summed E-state index contributed by atoms with van der Waals surface area (Å²) < 4.78 is 0. The first kappa shape index (κ1) is 29.8. The van der Waals surface area contributed by atoms with Crippen LogP contribution in [0.5, 0.6) is 0 Å². The summed E-state index contributed by atoms with van der Waals surface area (Å²) in [7, 11) is 0. The molecule has 0 saturated heterocycles. The molecule has 11 rings (SSSR count). The predicted molar refractivity (Wildman–Crippen MR) is 219 cm³/mol. The van der Waals surface area contributed by atoms with E-state index in [1.165, 1.54) is 80.6 Å². The Labute approximate surface area is 305 Å². The standard InChI is InChI=1S/C51H39N/c1-2-9-35(10-3-1)36-20-25-41(26-21-36)52(43-29-30-45-39(32-43)19-18-37-11-4-5-12-44(37)45)42-27-22-38(23-28-42)46-14-8-16-49-50(46)47-13-6-7-15-48(47)51(49)33-34-17-24-40(51)31-34/h1-16,18-23,25-30,32,34,40H,17,24,31,33H2. The van der Waals surface area contributed by atoms with Crippen LogP contribution in [-0.4, -0.2) is 0 Å². The molecular weight excluding hydrogens is 627 g/mol. The first-order valence-electron chi connectivity index (χ1n) is 19.0. The molecule has 1 heteroatoms. The third-order valence-corrected chi connectivity index (χ3v) is 12.7. The molecule has 1 spiro atoms. The van der Waals surface area contributed by atoms with Crippen LogP contribution in [0.3, 0.4) is 0 Å². The first-order chi connectivity index (χ1) is 25.7. The van der Waals surface area contributed by atoms with Crippen LogP contribution in [-0.2, 0) is 5.41 Å². The van der Waals surface area contributed by atoms with E-state index >= 15 is 0 Å². The van der Waals surface area contributed by atoms with Gasteiger partial charge in [0.2, 0.25) is 0 Å². The van der Waals surface area contributed by atoms with E-state index in [1.54, 1.807) is 11.1 Å². The highest BCUT2D eigenvalue weighted by Gasteiger charge is 2.56. The number of nitrogens with zero attached hydrogens (tertiary/aromatic N) is 1. The van der Waals surface area contributed by atoms with Gasteiger partial charge in [-0.1, -0.05) is 146 Å². The Balaban J connectivity index is 1.03. The summed E-state index contributed by atoms with van der Waals surface area (Å²) in [6.45, 7) is 0. The van der Waals surface area contributed by atoms with Crippen LogP contribution in [0, 0.1) is 11.8 Å². The van der Waals surface area contributed by atoms with Gasteiger partial charge in [-0.05, 0) is 134 Å². The summed E-state index contributed by atoms with van der Waals surface area (Å²) in [5, 5.41) is 5.08. The van der Waals surface area contributed by atoms with E-state index in [-0.39, 0.29) is 5.41 Å². The normalized spacial score (nSPS) is 19.7. The third kappa shape index (κ3) is 4.42. The van der Waals surface area contributed by atoms with Crippen molar-refractivity contribution in [1.82, 2.24) is 0 Å². The van der Waals surface area contributed by atoms with Crippen LogP contribution in [0.2, 0.25) is 0 Å². The lowest BCUT2D eigenvalue weighted by molar-refractivity contribution is 0.327. The molecule has 2 saturated carbocycles. The van der Waals surface area contributed by atoms with Gasteiger partial charge >= 0.3 is 0 Å². The van der Waals surface area contributed by atoms with Crippen molar-refractivity contribution >= 4 is 38.6 Å². The molecule has 248 valence electrons. The summed E-state index contributed by atoms with van der Waals surface area (Å²) in [6.07, 6.45) is 5.47. The molecule has 0 radical (unpaired) electrons. The van der Waals surface area contributed by atoms with Gasteiger partial charge in [0.1, 0.15) is 0 Å². The van der Waals surface area contributed by atoms with Crippen LogP contribution in [0.4, 0.5) is 17.1 Å². The van der Waals surface area contributed by atoms with E-state index in [0.29, 0.717) is 0 Å². The molecular formula is C51H39N. The molecule has 8 aromatic rings. The van der Waals surface area contributed by atoms with E-state index in [2.05, 4.69) is 181 Å². The third-order valence-electron chi connectivity index (χ3n) is 12.7. The molecule has 0 aromatic heterocycles. The second-order valence-electron chi connectivity index (χ2n) is 15.3. The number of fused-ring (bicyclic) bond motifs is 11. The van der Waals surface area contributed by atoms with Crippen molar-refractivity contribution in [2.24, 2.45) is 11.8 Å². The fourth-order valence-electron chi connectivity index (χ4n) is 10.5. The lowest BCUT2D eigenvalue weighted by Gasteiger charge is -2.36. The fourth-order valence-corrected chi connectivity index (χ4v) is 10.5. The van der Waals surface area contributed by atoms with Gasteiger partial charge < -0.3 is 4.90 Å². The Morgan fingerprint density at radius 3 is 1.87 bits per heavy atom. The van der Waals surface area contributed by atoms with Crippen molar-refractivity contribution < 1.29 is 0 Å². The highest BCUT2D eigenvalue weighted by molar-refractivity contribution is 6.08. The first-order valence-corrected chi connectivity index (χ1v) is 19.0. The Morgan fingerprint density at radius 2 is 1.08 bits per heavy atom. The van der Waals surface area contributed by atoms with Crippen LogP contribution in [0.1, 0.15) is 36.8 Å². The molecule has 2 bridgehead atoms. The zero-order valence-corrected chi connectivity index (χ0v) is 29.2. The van der Waals surface area contributed by atoms with Gasteiger partial charge in [0.15, 0.2) is 0 Å². The molecule has 0 aliphatic heterocycles. The molecule has 1 nitrogen and oxygen atoms in total. The molecule has 3 unspecified atom stereocenters. The maximum Gasteiger partial charge on any atom is 0.0468 e. The van der Waals surface area contributed by atoms with E-state index in [0.717, 1.165) is 28.9 Å². The van der Waals surface area contributed by atoms with Crippen LogP contribution in [0.25, 0.3) is 54.9 Å². The average molecular weight is 666 g/mol. The zero-order chi connectivity index (χ0) is 34.2. The summed E-state index contributed by atoms with van der Waals surface area (Å²) in [4.78, 5) is 2.40. The van der Waals surface area contributed by atoms with E-state index in [1.807, 2.05) is 0 Å². The number of hydrogen-bond donors (Lipinski definition) is 0. The molecule has 2 fully saturated rings. The molecule has 0 amide bonds. The summed E-state index contributed by atoms with van der Waals surface area (Å²) >= 11 is 0. The molecule has 0 N–H and O–H groups in total. The fraction of sp³-hybridized carbons (Fsp3) is 0.137. The van der Waals surface area contributed by atoms with Crippen LogP contribution < -0.4 is 4.90 Å². The van der Waals surface area contributed by atoms with Crippen LogP contribution in [0.15, 0.2) is 176 Å². The topological polar surface area (TPSA) is 3.24 Å². The molecule has 8 aromatic carbocycles. The van der Waals surface area contributed by atoms with Gasteiger partial charge in [-0.3, -0.25) is 0 Å². The molecule has 3 aliphatic rings. The molecule has 0 heterocycles. The SMILES string of the molecule is c1ccc(-c2ccc(N(c3ccc(-c4cccc5c4-c4ccccc4C54CC5CCC4C5)cc3)c3ccc4c(ccc5ccccc54)c3)cc2)cc1. The highest BCUT2D eigenvalue weighted by atomic mass is 15.1. The second kappa shape index (κ2) is 11.6. The van der Waals surface area contributed by atoms with Gasteiger partial charge in [0, 0.05) is 22.5 Å². The van der Waals surface area contributed by atoms with Crippen molar-refractivity contribution in [3.05, 3.63) is 187 Å². The minimum absolute atomic E-state index is 0.189. The van der Waals surface area contributed by atoms with Crippen molar-refractivity contribution in [3.8, 4) is 33.4 Å². The monoisotopic (exact) mass is 665 g/mol. The van der Waals surface area contributed by atoms with E-state index in [9.17, 15) is 0 Å². The number of rotatable bonds is 5. The quantitative estimate of drug-likeness (QED) is 0.165. The largest absolute Gasteiger partial charge is 0.310 e. The second-order valence-corrected chi connectivity index (χ2v) is 15.3. The Bertz CT molecular complexity index is 2640. The van der Waals surface area contributed by atoms with Gasteiger partial charge in [0.05, 0.1) is 0 Å². The van der Waals surface area contributed by atoms with Crippen LogP contribution >= 0.6 is 0 Å². The van der Waals surface area contributed by atoms with Crippen molar-refractivity contribution in [2.75, 3.05) is 4.90 Å². The summed E-state index contributed by atoms with van der Waals surface area (Å²) in [6, 6.07) is 65.5. The minimum Gasteiger partial charge on any atom is -0.310 e. The lowest BCUT2D eigenvalue weighted by atomic mass is 9.66. The minimum atomic E-state index is 0.189. The lowest BCUT2D eigenvalue weighted by Crippen LogP contribution is -2.31. The Morgan fingerprint density at radius 1 is 0.442 bits per heavy atom. The highest BCUT2D eigenvalue weighted by Crippen LogP contribution is 2.66. The summed E-state index contributed by atoms with van der Waals surface area (Å²) in [5.41, 5.74) is 14.8. The van der Waals surface area contributed by atoms with Gasteiger partial charge in [0.25, 0.3) is 0 Å². The smallest absolute Gasteiger partial charge is 0.0468 e. The Kier molecular flexibility index (Phi) is 6.61. The van der Waals surface area contributed by atoms with E-state index < -0.39 is 0 Å². The predicted octanol–water partition coefficient (Wildman–Crippen LogP) is 13.9. The van der Waals surface area contributed by atoms with Crippen molar-refractivity contribution in [2.45, 2.75) is 31.1 Å². The van der Waals surface area contributed by atoms with Gasteiger partial charge in [-0.15, -0.1) is 0 Å². The number of benzene rings is 8. The number of hydrogen-bond acceptors (Lipinski definition) is 1. The van der Waals surface area contributed by atoms with Gasteiger partial charge in [-0.25, -0.2) is 0 Å². The summed E-state index contributed by atoms with van der Waals surface area (Å²) in [5.74, 6) is 1.63. The van der Waals surface area contributed by atoms with Gasteiger partial charge in [-0.2, -0.15) is 0 Å². The zero-order valence-electron chi connectivity index (χ0n) is 29.2. The van der Waals surface area contributed by atoms with Crippen molar-refractivity contribution in [3.63, 3.8) is 0 Å². The molecule has 3 atom stereocenters. The number of anilines is 3. The maximum absolute atomic E-state index is 2.46. The van der Waals surface area contributed by atoms with Crippen molar-refractivity contribution in [1.29, 1.82) is 0 Å². The maximum atomic E-state index is 2.46. The molecule has 3 aliphatic carbocycles.